The first kappa shape index (κ1) is 15.4. The van der Waals surface area contributed by atoms with Crippen LogP contribution in [0.5, 0.6) is 0 Å². The molecule has 110 valence electrons. The van der Waals surface area contributed by atoms with E-state index in [2.05, 4.69) is 4.72 Å². The molecule has 0 saturated heterocycles. The third kappa shape index (κ3) is 3.05. The number of carboxylic acids is 1. The van der Waals surface area contributed by atoms with Gasteiger partial charge in [-0.2, -0.15) is 5.26 Å². The first-order valence-corrected chi connectivity index (χ1v) is 8.31. The Hall–Kier alpha value is -1.95. The topological polar surface area (TPSA) is 107 Å². The van der Waals surface area contributed by atoms with Crippen LogP contribution in [0.4, 0.5) is 0 Å². The smallest absolute Gasteiger partial charge is 0.347 e. The van der Waals surface area contributed by atoms with Crippen molar-refractivity contribution < 1.29 is 18.3 Å². The van der Waals surface area contributed by atoms with Crippen LogP contribution in [0.15, 0.2) is 29.2 Å². The zero-order chi connectivity index (χ0) is 15.6. The van der Waals surface area contributed by atoms with E-state index in [-0.39, 0.29) is 16.2 Å². The molecule has 2 N–H and O–H groups in total. The molecular weight excluding hydrogens is 312 g/mol. The summed E-state index contributed by atoms with van der Waals surface area (Å²) >= 11 is 0.916. The van der Waals surface area contributed by atoms with E-state index in [0.29, 0.717) is 10.1 Å². The maximum absolute atomic E-state index is 12.4. The van der Waals surface area contributed by atoms with E-state index in [4.69, 9.17) is 5.26 Å². The van der Waals surface area contributed by atoms with Crippen LogP contribution in [0.2, 0.25) is 0 Å². The number of thiophene rings is 1. The highest BCUT2D eigenvalue weighted by Gasteiger charge is 2.29. The lowest BCUT2D eigenvalue weighted by Gasteiger charge is -2.11. The first-order chi connectivity index (χ1) is 9.86. The summed E-state index contributed by atoms with van der Waals surface area (Å²) in [5.41, 5.74) is 0. The zero-order valence-electron chi connectivity index (χ0n) is 11.0. The van der Waals surface area contributed by atoms with Gasteiger partial charge in [0.05, 0.1) is 12.5 Å². The van der Waals surface area contributed by atoms with E-state index in [0.717, 1.165) is 11.3 Å². The summed E-state index contributed by atoms with van der Waals surface area (Å²) in [4.78, 5) is 10.9. The number of benzene rings is 1. The van der Waals surface area contributed by atoms with Crippen molar-refractivity contribution in [2.24, 2.45) is 0 Å². The minimum Gasteiger partial charge on any atom is -0.477 e. The van der Waals surface area contributed by atoms with E-state index < -0.39 is 22.0 Å². The number of carbonyl (C=O) groups is 1. The Morgan fingerprint density at radius 3 is 2.76 bits per heavy atom. The van der Waals surface area contributed by atoms with Gasteiger partial charge in [0, 0.05) is 16.1 Å². The van der Waals surface area contributed by atoms with Crippen LogP contribution in [0.25, 0.3) is 10.1 Å². The van der Waals surface area contributed by atoms with E-state index in [1.165, 1.54) is 0 Å². The van der Waals surface area contributed by atoms with Gasteiger partial charge in [-0.25, -0.2) is 17.9 Å². The monoisotopic (exact) mass is 324 g/mol. The molecule has 0 aliphatic heterocycles. The highest BCUT2D eigenvalue weighted by molar-refractivity contribution is 7.90. The predicted octanol–water partition coefficient (Wildman–Crippen LogP) is 2.18. The maximum atomic E-state index is 12.4. The molecule has 0 aliphatic carbocycles. The molecule has 0 fully saturated rings. The van der Waals surface area contributed by atoms with Crippen molar-refractivity contribution in [3.05, 3.63) is 29.1 Å². The summed E-state index contributed by atoms with van der Waals surface area (Å²) in [6.45, 7) is 1.55. The van der Waals surface area contributed by atoms with Crippen LogP contribution in [0.1, 0.15) is 23.0 Å². The molecule has 8 heteroatoms. The molecule has 1 aromatic carbocycles. The Labute approximate surface area is 125 Å². The standard InChI is InChI=1S/C13H12N2O4S2/c1-8(6-7-14)15-21(18,19)12-9-4-2-3-5-10(9)20-11(12)13(16)17/h2-5,8,15H,6H2,1H3,(H,16,17). The van der Waals surface area contributed by atoms with Gasteiger partial charge in [-0.3, -0.25) is 0 Å². The average Bonchev–Trinajstić information content (AvgIpc) is 2.78. The molecule has 0 amide bonds. The van der Waals surface area contributed by atoms with Gasteiger partial charge in [-0.1, -0.05) is 18.2 Å². The van der Waals surface area contributed by atoms with Crippen LogP contribution in [-0.4, -0.2) is 25.5 Å². The highest BCUT2D eigenvalue weighted by atomic mass is 32.2. The van der Waals surface area contributed by atoms with E-state index in [1.54, 1.807) is 31.2 Å². The molecule has 0 aliphatic rings. The number of nitriles is 1. The van der Waals surface area contributed by atoms with Crippen LogP contribution in [0.3, 0.4) is 0 Å². The van der Waals surface area contributed by atoms with Gasteiger partial charge in [0.25, 0.3) is 0 Å². The third-order valence-corrected chi connectivity index (χ3v) is 5.73. The fraction of sp³-hybridized carbons (Fsp3) is 0.231. The highest BCUT2D eigenvalue weighted by Crippen LogP contribution is 2.34. The van der Waals surface area contributed by atoms with Crippen LogP contribution < -0.4 is 4.72 Å². The normalized spacial score (nSPS) is 13.0. The van der Waals surface area contributed by atoms with Crippen molar-refractivity contribution in [1.29, 1.82) is 5.26 Å². The van der Waals surface area contributed by atoms with E-state index >= 15 is 0 Å². The molecule has 1 unspecified atom stereocenters. The molecule has 21 heavy (non-hydrogen) atoms. The number of carboxylic acid groups (broad SMARTS) is 1. The Balaban J connectivity index is 2.61. The third-order valence-electron chi connectivity index (χ3n) is 2.77. The molecule has 0 saturated carbocycles. The number of nitrogens with one attached hydrogen (secondary N) is 1. The van der Waals surface area contributed by atoms with E-state index in [1.807, 2.05) is 6.07 Å². The molecule has 2 aromatic rings. The molecular formula is C13H12N2O4S2. The van der Waals surface area contributed by atoms with Crippen molar-refractivity contribution in [2.75, 3.05) is 0 Å². The Morgan fingerprint density at radius 1 is 1.48 bits per heavy atom. The Kier molecular flexibility index (Phi) is 4.27. The van der Waals surface area contributed by atoms with Gasteiger partial charge in [-0.05, 0) is 13.0 Å². The van der Waals surface area contributed by atoms with Crippen molar-refractivity contribution >= 4 is 37.4 Å². The summed E-state index contributed by atoms with van der Waals surface area (Å²) in [6.07, 6.45) is 0.00368. The Bertz CT molecular complexity index is 833. The number of hydrogen-bond acceptors (Lipinski definition) is 5. The predicted molar refractivity (Wildman–Crippen MR) is 78.8 cm³/mol. The molecule has 0 radical (unpaired) electrons. The zero-order valence-corrected chi connectivity index (χ0v) is 12.7. The number of sulfonamides is 1. The Morgan fingerprint density at radius 2 is 2.14 bits per heavy atom. The second kappa shape index (κ2) is 5.81. The lowest BCUT2D eigenvalue weighted by molar-refractivity contribution is 0.0698. The fourth-order valence-corrected chi connectivity index (χ4v) is 4.92. The van der Waals surface area contributed by atoms with Crippen molar-refractivity contribution in [2.45, 2.75) is 24.3 Å². The number of fused-ring (bicyclic) bond motifs is 1. The summed E-state index contributed by atoms with van der Waals surface area (Å²) in [5, 5.41) is 18.2. The van der Waals surface area contributed by atoms with Crippen LogP contribution >= 0.6 is 11.3 Å². The van der Waals surface area contributed by atoms with Crippen molar-refractivity contribution in [1.82, 2.24) is 4.72 Å². The molecule has 1 aromatic heterocycles. The minimum absolute atomic E-state index is 0.00368. The summed E-state index contributed by atoms with van der Waals surface area (Å²) in [6, 6.07) is 7.88. The fourth-order valence-electron chi connectivity index (χ4n) is 1.93. The molecule has 6 nitrogen and oxygen atoms in total. The van der Waals surface area contributed by atoms with Crippen molar-refractivity contribution in [3.63, 3.8) is 0 Å². The van der Waals surface area contributed by atoms with Crippen LogP contribution in [-0.2, 0) is 10.0 Å². The molecule has 2 rings (SSSR count). The number of aromatic carboxylic acids is 1. The number of rotatable bonds is 5. The largest absolute Gasteiger partial charge is 0.477 e. The SMILES string of the molecule is CC(CC#N)NS(=O)(=O)c1c(C(=O)O)sc2ccccc12. The van der Waals surface area contributed by atoms with Gasteiger partial charge in [0.2, 0.25) is 10.0 Å². The van der Waals surface area contributed by atoms with Gasteiger partial charge in [-0.15, -0.1) is 11.3 Å². The van der Waals surface area contributed by atoms with E-state index in [9.17, 15) is 18.3 Å². The molecule has 0 spiro atoms. The van der Waals surface area contributed by atoms with Crippen LogP contribution in [0, 0.1) is 11.3 Å². The van der Waals surface area contributed by atoms with Gasteiger partial charge in [0.1, 0.15) is 9.77 Å². The average molecular weight is 324 g/mol. The first-order valence-electron chi connectivity index (χ1n) is 6.01. The second-order valence-corrected chi connectivity index (χ2v) is 7.15. The number of hydrogen-bond donors (Lipinski definition) is 2. The summed E-state index contributed by atoms with van der Waals surface area (Å²) in [7, 11) is -4.01. The summed E-state index contributed by atoms with van der Waals surface area (Å²) in [5.74, 6) is -1.29. The summed E-state index contributed by atoms with van der Waals surface area (Å²) < 4.78 is 27.8. The molecule has 0 bridgehead atoms. The lowest BCUT2D eigenvalue weighted by atomic mass is 10.2. The lowest BCUT2D eigenvalue weighted by Crippen LogP contribution is -2.32. The van der Waals surface area contributed by atoms with Gasteiger partial charge < -0.3 is 5.11 Å². The minimum atomic E-state index is -4.01. The molecule has 1 heterocycles. The van der Waals surface area contributed by atoms with Gasteiger partial charge in [0.15, 0.2) is 0 Å². The van der Waals surface area contributed by atoms with Crippen molar-refractivity contribution in [3.8, 4) is 6.07 Å². The number of nitrogens with zero attached hydrogens (tertiary/aromatic N) is 1. The quantitative estimate of drug-likeness (QED) is 0.876. The molecule has 1 atom stereocenters. The van der Waals surface area contributed by atoms with Gasteiger partial charge >= 0.3 is 5.97 Å². The maximum Gasteiger partial charge on any atom is 0.347 e. The second-order valence-electron chi connectivity index (χ2n) is 4.45.